The monoisotopic (exact) mass is 487 g/mol. The Kier molecular flexibility index (Phi) is 8.26. The lowest BCUT2D eigenvalue weighted by atomic mass is 9.85. The predicted molar refractivity (Wildman–Crippen MR) is 106 cm³/mol. The average Bonchev–Trinajstić information content (AvgIpc) is 2.67. The number of aliphatic hydroxyl groups is 1. The molecule has 0 saturated carbocycles. The van der Waals surface area contributed by atoms with Gasteiger partial charge in [-0.1, -0.05) is 23.2 Å². The van der Waals surface area contributed by atoms with Crippen LogP contribution in [0.5, 0.6) is 5.75 Å². The van der Waals surface area contributed by atoms with Crippen molar-refractivity contribution in [3.05, 3.63) is 27.7 Å². The number of carboxylic acid groups (broad SMARTS) is 1. The zero-order valence-electron chi connectivity index (χ0n) is 16.1. The SMILES string of the molecule is N[C@@H](c1cc(Cl)c(Cl)cc1O)C1CCN(C(=O)N2CC(O)C2)CC1.O=C(O)C(F)(F)F. The van der Waals surface area contributed by atoms with Gasteiger partial charge in [-0.05, 0) is 24.8 Å². The number of nitrogens with two attached hydrogens (primary N) is 1. The van der Waals surface area contributed by atoms with Gasteiger partial charge in [0.05, 0.1) is 29.2 Å². The van der Waals surface area contributed by atoms with Crippen LogP contribution in [0.3, 0.4) is 0 Å². The second-order valence-corrected chi connectivity index (χ2v) is 8.13. The van der Waals surface area contributed by atoms with E-state index >= 15 is 0 Å². The zero-order valence-corrected chi connectivity index (χ0v) is 17.7. The van der Waals surface area contributed by atoms with E-state index in [1.807, 2.05) is 0 Å². The quantitative estimate of drug-likeness (QED) is 0.507. The van der Waals surface area contributed by atoms with Crippen molar-refractivity contribution < 1.29 is 38.1 Å². The summed E-state index contributed by atoms with van der Waals surface area (Å²) in [5.74, 6) is -2.56. The summed E-state index contributed by atoms with van der Waals surface area (Å²) in [4.78, 5) is 24.6. The van der Waals surface area contributed by atoms with Crippen molar-refractivity contribution in [1.29, 1.82) is 0 Å². The third-order valence-corrected chi connectivity index (χ3v) is 5.84. The van der Waals surface area contributed by atoms with Gasteiger partial charge < -0.3 is 30.9 Å². The minimum absolute atomic E-state index is 0.0234. The molecule has 2 saturated heterocycles. The summed E-state index contributed by atoms with van der Waals surface area (Å²) < 4.78 is 31.7. The van der Waals surface area contributed by atoms with Crippen molar-refractivity contribution in [1.82, 2.24) is 9.80 Å². The van der Waals surface area contributed by atoms with Gasteiger partial charge in [0.15, 0.2) is 0 Å². The summed E-state index contributed by atoms with van der Waals surface area (Å²) in [5, 5.41) is 27.2. The number of phenols is 1. The lowest BCUT2D eigenvalue weighted by Crippen LogP contribution is -2.58. The van der Waals surface area contributed by atoms with Crippen LogP contribution in [0.15, 0.2) is 12.1 Å². The molecule has 2 aliphatic rings. The normalized spacial score (nSPS) is 18.7. The first-order valence-electron chi connectivity index (χ1n) is 9.26. The number of piperidine rings is 1. The number of phenolic OH excluding ortho intramolecular Hbond substituents is 1. The molecule has 0 aliphatic carbocycles. The van der Waals surface area contributed by atoms with E-state index in [1.165, 1.54) is 6.07 Å². The van der Waals surface area contributed by atoms with Gasteiger partial charge in [-0.2, -0.15) is 13.2 Å². The maximum atomic E-state index is 12.2. The number of hydrogen-bond donors (Lipinski definition) is 4. The first-order chi connectivity index (χ1) is 14.3. The molecule has 1 aromatic rings. The Morgan fingerprint density at radius 1 is 1.10 bits per heavy atom. The lowest BCUT2D eigenvalue weighted by Gasteiger charge is -2.42. The first-order valence-corrected chi connectivity index (χ1v) is 10.0. The number of likely N-dealkylation sites (tertiary alicyclic amines) is 2. The fraction of sp³-hybridized carbons (Fsp3) is 0.556. The smallest absolute Gasteiger partial charge is 0.490 e. The van der Waals surface area contributed by atoms with Crippen LogP contribution in [0.2, 0.25) is 10.0 Å². The third-order valence-electron chi connectivity index (χ3n) is 5.12. The summed E-state index contributed by atoms with van der Waals surface area (Å²) in [6.07, 6.45) is -3.97. The molecule has 0 radical (unpaired) electrons. The van der Waals surface area contributed by atoms with Crippen molar-refractivity contribution in [2.24, 2.45) is 11.7 Å². The number of aliphatic carboxylic acids is 1. The van der Waals surface area contributed by atoms with Crippen LogP contribution in [0, 0.1) is 5.92 Å². The largest absolute Gasteiger partial charge is 0.508 e. The average molecular weight is 488 g/mol. The van der Waals surface area contributed by atoms with Crippen molar-refractivity contribution >= 4 is 35.2 Å². The summed E-state index contributed by atoms with van der Waals surface area (Å²) in [6.45, 7) is 2.06. The molecule has 31 heavy (non-hydrogen) atoms. The van der Waals surface area contributed by atoms with Gasteiger partial charge in [0.25, 0.3) is 0 Å². The van der Waals surface area contributed by atoms with Gasteiger partial charge >= 0.3 is 18.2 Å². The second-order valence-electron chi connectivity index (χ2n) is 7.32. The number of alkyl halides is 3. The van der Waals surface area contributed by atoms with Crippen molar-refractivity contribution in [2.75, 3.05) is 26.2 Å². The van der Waals surface area contributed by atoms with Crippen molar-refractivity contribution in [2.45, 2.75) is 31.2 Å². The standard InChI is InChI=1S/C16H21Cl2N3O3.C2HF3O2/c17-12-5-11(14(23)6-13(12)18)15(19)9-1-3-20(4-2-9)16(24)21-7-10(22)8-21;3-2(4,5)1(6)7/h5-6,9-10,15,22-23H,1-4,7-8,19H2;(H,6,7)/t15-;/m1./s1. The maximum absolute atomic E-state index is 12.2. The van der Waals surface area contributed by atoms with E-state index in [4.69, 9.17) is 38.8 Å². The molecule has 0 aromatic heterocycles. The van der Waals surface area contributed by atoms with Gasteiger partial charge in [-0.15, -0.1) is 0 Å². The van der Waals surface area contributed by atoms with Gasteiger partial charge in [-0.25, -0.2) is 9.59 Å². The lowest BCUT2D eigenvalue weighted by molar-refractivity contribution is -0.192. The molecule has 13 heteroatoms. The van der Waals surface area contributed by atoms with Gasteiger partial charge in [0.2, 0.25) is 0 Å². The Balaban J connectivity index is 0.000000423. The number of nitrogens with zero attached hydrogens (tertiary/aromatic N) is 2. The van der Waals surface area contributed by atoms with Crippen LogP contribution in [-0.2, 0) is 4.79 Å². The molecule has 0 bridgehead atoms. The number of benzene rings is 1. The number of carbonyl (C=O) groups is 2. The number of halogens is 5. The van der Waals surface area contributed by atoms with E-state index in [0.29, 0.717) is 41.8 Å². The van der Waals surface area contributed by atoms with Gasteiger partial charge in [-0.3, -0.25) is 0 Å². The fourth-order valence-corrected chi connectivity index (χ4v) is 3.66. The molecule has 1 atom stereocenters. The molecule has 2 aliphatic heterocycles. The Bertz CT molecular complexity index is 813. The van der Waals surface area contributed by atoms with E-state index in [-0.39, 0.29) is 23.7 Å². The van der Waals surface area contributed by atoms with E-state index < -0.39 is 18.2 Å². The van der Waals surface area contributed by atoms with Crippen LogP contribution < -0.4 is 5.73 Å². The highest BCUT2D eigenvalue weighted by Crippen LogP contribution is 2.37. The van der Waals surface area contributed by atoms with E-state index in [1.54, 1.807) is 15.9 Å². The third kappa shape index (κ3) is 6.52. The number of β-amino-alcohol motifs (C(OH)–C–C–N with tert-alkyl or cyclic N) is 1. The fourth-order valence-electron chi connectivity index (χ4n) is 3.33. The van der Waals surface area contributed by atoms with Crippen LogP contribution >= 0.6 is 23.2 Å². The molecule has 8 nitrogen and oxygen atoms in total. The highest BCUT2D eigenvalue weighted by molar-refractivity contribution is 6.42. The number of rotatable bonds is 2. The summed E-state index contributed by atoms with van der Waals surface area (Å²) in [6, 6.07) is 2.64. The molecule has 5 N–H and O–H groups in total. The summed E-state index contributed by atoms with van der Waals surface area (Å²) in [7, 11) is 0. The number of amides is 2. The second kappa shape index (κ2) is 10.1. The molecule has 174 valence electrons. The molecule has 2 amide bonds. The van der Waals surface area contributed by atoms with Crippen LogP contribution in [0.1, 0.15) is 24.4 Å². The number of aromatic hydroxyl groups is 1. The number of urea groups is 1. The van der Waals surface area contributed by atoms with Crippen LogP contribution in [0.4, 0.5) is 18.0 Å². The number of hydrogen-bond acceptors (Lipinski definition) is 5. The molecular formula is C18H22Cl2F3N3O5. The van der Waals surface area contributed by atoms with E-state index in [0.717, 1.165) is 12.8 Å². The van der Waals surface area contributed by atoms with Gasteiger partial charge in [0.1, 0.15) is 5.75 Å². The Labute approximate surface area is 185 Å². The number of aliphatic hydroxyl groups excluding tert-OH is 1. The maximum Gasteiger partial charge on any atom is 0.490 e. The molecule has 0 spiro atoms. The summed E-state index contributed by atoms with van der Waals surface area (Å²) >= 11 is 11.9. The highest BCUT2D eigenvalue weighted by Gasteiger charge is 2.38. The molecular weight excluding hydrogens is 466 g/mol. The number of carbonyl (C=O) groups excluding carboxylic acids is 1. The van der Waals surface area contributed by atoms with E-state index in [2.05, 4.69) is 0 Å². The molecule has 0 unspecified atom stereocenters. The Hall–Kier alpha value is -1.95. The van der Waals surface area contributed by atoms with Crippen LogP contribution in [0.25, 0.3) is 0 Å². The minimum Gasteiger partial charge on any atom is -0.508 e. The predicted octanol–water partition coefficient (Wildman–Crippen LogP) is 2.84. The molecule has 2 fully saturated rings. The topological polar surface area (TPSA) is 127 Å². The molecule has 3 rings (SSSR count). The summed E-state index contributed by atoms with van der Waals surface area (Å²) in [5.41, 5.74) is 6.90. The van der Waals surface area contributed by atoms with Crippen molar-refractivity contribution in [3.8, 4) is 5.75 Å². The zero-order chi connectivity index (χ0) is 23.5. The van der Waals surface area contributed by atoms with Crippen molar-refractivity contribution in [3.63, 3.8) is 0 Å². The number of carboxylic acids is 1. The van der Waals surface area contributed by atoms with Crippen LogP contribution in [-0.4, -0.2) is 75.6 Å². The molecule has 1 aromatic carbocycles. The van der Waals surface area contributed by atoms with E-state index in [9.17, 15) is 28.2 Å². The minimum atomic E-state index is -5.08. The Morgan fingerprint density at radius 3 is 2.03 bits per heavy atom. The molecule has 2 heterocycles. The highest BCUT2D eigenvalue weighted by atomic mass is 35.5. The van der Waals surface area contributed by atoms with Gasteiger partial charge in [0, 0.05) is 30.8 Å². The Morgan fingerprint density at radius 2 is 1.58 bits per heavy atom. The first kappa shape index (κ1) is 25.3.